The highest BCUT2D eigenvalue weighted by molar-refractivity contribution is 5.90. The summed E-state index contributed by atoms with van der Waals surface area (Å²) in [5, 5.41) is 23.0. The summed E-state index contributed by atoms with van der Waals surface area (Å²) in [6.45, 7) is 0. The molecule has 1 amide bonds. The van der Waals surface area contributed by atoms with Crippen LogP contribution in [-0.4, -0.2) is 16.8 Å². The Balaban J connectivity index is 2.44. The number of hydrogen-bond acceptors (Lipinski definition) is 5. The topological polar surface area (TPSA) is 112 Å². The largest absolute Gasteiger partial charge is 0.550 e. The maximum atomic E-state index is 11.4. The van der Waals surface area contributed by atoms with Gasteiger partial charge in [0.15, 0.2) is 0 Å². The van der Waals surface area contributed by atoms with Gasteiger partial charge in [0, 0.05) is 30.2 Å². The van der Waals surface area contributed by atoms with Gasteiger partial charge in [0.2, 0.25) is 5.91 Å². The molecule has 0 aliphatic heterocycles. The van der Waals surface area contributed by atoms with E-state index in [4.69, 9.17) is 0 Å². The highest BCUT2D eigenvalue weighted by atomic mass is 16.6. The number of nitrogens with zero attached hydrogens (tertiary/aromatic N) is 1. The van der Waals surface area contributed by atoms with E-state index in [9.17, 15) is 24.8 Å². The second kappa shape index (κ2) is 6.33. The number of anilines is 1. The van der Waals surface area contributed by atoms with Crippen molar-refractivity contribution in [3.8, 4) is 0 Å². The number of nitrogens with one attached hydrogen (secondary N) is 1. The van der Waals surface area contributed by atoms with Gasteiger partial charge in [0.25, 0.3) is 5.69 Å². The van der Waals surface area contributed by atoms with Gasteiger partial charge in [-0.15, -0.1) is 0 Å². The van der Waals surface area contributed by atoms with Crippen LogP contribution in [0.3, 0.4) is 0 Å². The van der Waals surface area contributed by atoms with Crippen molar-refractivity contribution in [2.75, 3.05) is 5.32 Å². The van der Waals surface area contributed by atoms with Crippen molar-refractivity contribution in [3.05, 3.63) is 34.4 Å². The zero-order chi connectivity index (χ0) is 13.5. The minimum Gasteiger partial charge on any atom is -0.550 e. The summed E-state index contributed by atoms with van der Waals surface area (Å²) in [7, 11) is 0. The molecule has 0 aromatic heterocycles. The number of aliphatic carboxylic acids is 1. The normalized spacial score (nSPS) is 9.78. The van der Waals surface area contributed by atoms with Gasteiger partial charge >= 0.3 is 0 Å². The van der Waals surface area contributed by atoms with Crippen molar-refractivity contribution >= 4 is 23.3 Å². The number of amides is 1. The van der Waals surface area contributed by atoms with E-state index in [0.29, 0.717) is 5.69 Å². The molecular formula is C11H11N2O5-. The van der Waals surface area contributed by atoms with Crippen LogP contribution >= 0.6 is 0 Å². The Labute approximate surface area is 103 Å². The zero-order valence-corrected chi connectivity index (χ0v) is 9.42. The van der Waals surface area contributed by atoms with Crippen molar-refractivity contribution in [1.82, 2.24) is 0 Å². The molecule has 0 spiro atoms. The molecule has 0 bridgehead atoms. The van der Waals surface area contributed by atoms with Crippen molar-refractivity contribution in [1.29, 1.82) is 0 Å². The number of benzene rings is 1. The third-order valence-corrected chi connectivity index (χ3v) is 2.15. The highest BCUT2D eigenvalue weighted by Gasteiger charge is 2.06. The summed E-state index contributed by atoms with van der Waals surface area (Å²) in [6.07, 6.45) is 0.0831. The van der Waals surface area contributed by atoms with E-state index in [-0.39, 0.29) is 30.9 Å². The second-order valence-electron chi connectivity index (χ2n) is 3.58. The maximum absolute atomic E-state index is 11.4. The lowest BCUT2D eigenvalue weighted by molar-refractivity contribution is -0.384. The van der Waals surface area contributed by atoms with Crippen LogP contribution in [0.4, 0.5) is 11.4 Å². The molecule has 0 aliphatic rings. The van der Waals surface area contributed by atoms with E-state index in [1.807, 2.05) is 0 Å². The van der Waals surface area contributed by atoms with E-state index < -0.39 is 10.9 Å². The Morgan fingerprint density at radius 3 is 2.28 bits per heavy atom. The predicted octanol–water partition coefficient (Wildman–Crippen LogP) is 0.453. The van der Waals surface area contributed by atoms with Crippen LogP contribution in [0, 0.1) is 10.1 Å². The summed E-state index contributed by atoms with van der Waals surface area (Å²) in [6, 6.07) is 5.37. The van der Waals surface area contributed by atoms with Crippen molar-refractivity contribution in [3.63, 3.8) is 0 Å². The van der Waals surface area contributed by atoms with Gasteiger partial charge in [-0.05, 0) is 25.0 Å². The molecule has 0 radical (unpaired) electrons. The van der Waals surface area contributed by atoms with Gasteiger partial charge in [-0.3, -0.25) is 14.9 Å². The summed E-state index contributed by atoms with van der Waals surface area (Å²) >= 11 is 0. The monoisotopic (exact) mass is 251 g/mol. The molecule has 0 fully saturated rings. The van der Waals surface area contributed by atoms with E-state index in [0.717, 1.165) is 0 Å². The third kappa shape index (κ3) is 4.60. The van der Waals surface area contributed by atoms with Gasteiger partial charge in [-0.1, -0.05) is 0 Å². The van der Waals surface area contributed by atoms with Gasteiger partial charge in [-0.2, -0.15) is 0 Å². The van der Waals surface area contributed by atoms with Crippen LogP contribution < -0.4 is 10.4 Å². The molecule has 0 atom stereocenters. The third-order valence-electron chi connectivity index (χ3n) is 2.15. The fourth-order valence-electron chi connectivity index (χ4n) is 1.28. The van der Waals surface area contributed by atoms with Gasteiger partial charge in [0.05, 0.1) is 4.92 Å². The molecule has 1 N–H and O–H groups in total. The number of carbonyl (C=O) groups is 2. The van der Waals surface area contributed by atoms with Gasteiger partial charge in [-0.25, -0.2) is 0 Å². The van der Waals surface area contributed by atoms with Crippen LogP contribution in [0.5, 0.6) is 0 Å². The van der Waals surface area contributed by atoms with E-state index in [1.54, 1.807) is 0 Å². The molecule has 0 aliphatic carbocycles. The maximum Gasteiger partial charge on any atom is 0.269 e. The standard InChI is InChI=1S/C11H12N2O5/c14-10(2-1-3-11(15)16)12-8-4-6-9(7-5-8)13(17)18/h4-7H,1-3H2,(H,12,14)(H,15,16)/p-1. The molecule has 7 nitrogen and oxygen atoms in total. The summed E-state index contributed by atoms with van der Waals surface area (Å²) in [5.74, 6) is -1.54. The molecule has 0 unspecified atom stereocenters. The average Bonchev–Trinajstić information content (AvgIpc) is 2.29. The molecule has 1 aromatic rings. The van der Waals surface area contributed by atoms with Gasteiger partial charge in [0.1, 0.15) is 0 Å². The first-order chi connectivity index (χ1) is 8.49. The number of non-ortho nitro benzene ring substituents is 1. The Morgan fingerprint density at radius 1 is 1.17 bits per heavy atom. The Morgan fingerprint density at radius 2 is 1.78 bits per heavy atom. The van der Waals surface area contributed by atoms with E-state index >= 15 is 0 Å². The summed E-state index contributed by atoms with van der Waals surface area (Å²) in [5.41, 5.74) is 0.365. The van der Waals surface area contributed by atoms with Crippen LogP contribution in [-0.2, 0) is 9.59 Å². The average molecular weight is 251 g/mol. The summed E-state index contributed by atoms with van der Waals surface area (Å²) in [4.78, 5) is 31.3. The zero-order valence-electron chi connectivity index (χ0n) is 9.42. The first kappa shape index (κ1) is 13.6. The predicted molar refractivity (Wildman–Crippen MR) is 60.6 cm³/mol. The highest BCUT2D eigenvalue weighted by Crippen LogP contribution is 2.15. The van der Waals surface area contributed by atoms with Crippen molar-refractivity contribution < 1.29 is 19.6 Å². The number of hydrogen-bond donors (Lipinski definition) is 1. The number of carboxylic acid groups (broad SMARTS) is 1. The number of nitro benzene ring substituents is 1. The number of rotatable bonds is 6. The summed E-state index contributed by atoms with van der Waals surface area (Å²) < 4.78 is 0. The Bertz CT molecular complexity index is 455. The molecule has 1 aromatic carbocycles. The lowest BCUT2D eigenvalue weighted by atomic mass is 10.2. The SMILES string of the molecule is O=C([O-])CCCC(=O)Nc1ccc([N+](=O)[O-])cc1. The van der Waals surface area contributed by atoms with Crippen LogP contribution in [0.2, 0.25) is 0 Å². The Kier molecular flexibility index (Phi) is 4.79. The fraction of sp³-hybridized carbons (Fsp3) is 0.273. The van der Waals surface area contributed by atoms with Crippen LogP contribution in [0.15, 0.2) is 24.3 Å². The minimum atomic E-state index is -1.20. The van der Waals surface area contributed by atoms with Crippen molar-refractivity contribution in [2.24, 2.45) is 0 Å². The fourth-order valence-corrected chi connectivity index (χ4v) is 1.28. The molecule has 96 valence electrons. The van der Waals surface area contributed by atoms with E-state index in [1.165, 1.54) is 24.3 Å². The molecule has 7 heteroatoms. The number of carboxylic acids is 1. The minimum absolute atomic E-state index is 0.0605. The quantitative estimate of drug-likeness (QED) is 0.582. The number of carbonyl (C=O) groups excluding carboxylic acids is 2. The lowest BCUT2D eigenvalue weighted by Crippen LogP contribution is -2.22. The van der Waals surface area contributed by atoms with E-state index in [2.05, 4.69) is 5.32 Å². The lowest BCUT2D eigenvalue weighted by Gasteiger charge is -2.05. The van der Waals surface area contributed by atoms with Gasteiger partial charge < -0.3 is 15.2 Å². The van der Waals surface area contributed by atoms with Crippen molar-refractivity contribution in [2.45, 2.75) is 19.3 Å². The molecule has 0 heterocycles. The molecule has 18 heavy (non-hydrogen) atoms. The molecule has 0 saturated carbocycles. The first-order valence-corrected chi connectivity index (χ1v) is 5.23. The molecular weight excluding hydrogens is 240 g/mol. The Hall–Kier alpha value is -2.44. The van der Waals surface area contributed by atoms with Crippen LogP contribution in [0.25, 0.3) is 0 Å². The molecule has 0 saturated heterocycles. The first-order valence-electron chi connectivity index (χ1n) is 5.23. The molecule has 1 rings (SSSR count). The number of nitro groups is 1. The second-order valence-corrected chi connectivity index (χ2v) is 3.58. The van der Waals surface area contributed by atoms with Crippen LogP contribution in [0.1, 0.15) is 19.3 Å². The smallest absolute Gasteiger partial charge is 0.269 e.